The highest BCUT2D eigenvalue weighted by Crippen LogP contribution is 2.23. The first-order valence-electron chi connectivity index (χ1n) is 7.23. The first-order valence-corrected chi connectivity index (χ1v) is 7.23. The number of ether oxygens (including phenoxy) is 3. The highest BCUT2D eigenvalue weighted by molar-refractivity contribution is 4.92. The molecule has 5 nitrogen and oxygen atoms in total. The Balaban J connectivity index is 1.90. The predicted octanol–water partition coefficient (Wildman–Crippen LogP) is 0.949. The van der Waals surface area contributed by atoms with Crippen molar-refractivity contribution in [3.63, 3.8) is 0 Å². The van der Waals surface area contributed by atoms with Gasteiger partial charge in [-0.3, -0.25) is 0 Å². The van der Waals surface area contributed by atoms with Gasteiger partial charge in [-0.05, 0) is 32.6 Å². The zero-order valence-corrected chi connectivity index (χ0v) is 12.3. The van der Waals surface area contributed by atoms with E-state index in [-0.39, 0.29) is 12.1 Å². The van der Waals surface area contributed by atoms with E-state index in [0.29, 0.717) is 39.1 Å². The molecule has 0 aliphatic heterocycles. The molecular formula is C14H29NO4. The van der Waals surface area contributed by atoms with Crippen molar-refractivity contribution in [3.8, 4) is 0 Å². The summed E-state index contributed by atoms with van der Waals surface area (Å²) in [6.07, 6.45) is 4.20. The van der Waals surface area contributed by atoms with Crippen LogP contribution in [0.1, 0.15) is 32.6 Å². The van der Waals surface area contributed by atoms with Gasteiger partial charge in [0, 0.05) is 38.5 Å². The van der Waals surface area contributed by atoms with Crippen molar-refractivity contribution < 1.29 is 19.3 Å². The van der Waals surface area contributed by atoms with E-state index in [0.717, 1.165) is 12.8 Å². The molecule has 5 heteroatoms. The third kappa shape index (κ3) is 8.55. The quantitative estimate of drug-likeness (QED) is 0.490. The summed E-state index contributed by atoms with van der Waals surface area (Å²) in [5, 5.41) is 12.9. The molecular weight excluding hydrogens is 246 g/mol. The van der Waals surface area contributed by atoms with E-state index in [1.165, 1.54) is 12.8 Å². The molecule has 1 rings (SSSR count). The minimum Gasteiger partial charge on any atom is -0.394 e. The van der Waals surface area contributed by atoms with Crippen LogP contribution in [-0.4, -0.2) is 63.4 Å². The smallest absolute Gasteiger partial charge is 0.0700 e. The van der Waals surface area contributed by atoms with Gasteiger partial charge in [0.2, 0.25) is 0 Å². The number of methoxy groups -OCH3 is 1. The highest BCUT2D eigenvalue weighted by atomic mass is 16.5. The van der Waals surface area contributed by atoms with Crippen molar-refractivity contribution in [2.45, 2.75) is 44.2 Å². The Morgan fingerprint density at radius 3 is 2.37 bits per heavy atom. The highest BCUT2D eigenvalue weighted by Gasteiger charge is 2.31. The summed E-state index contributed by atoms with van der Waals surface area (Å²) >= 11 is 0. The van der Waals surface area contributed by atoms with Crippen molar-refractivity contribution in [3.05, 3.63) is 0 Å². The van der Waals surface area contributed by atoms with Gasteiger partial charge in [0.05, 0.1) is 19.8 Å². The fourth-order valence-corrected chi connectivity index (χ4v) is 1.82. The summed E-state index contributed by atoms with van der Waals surface area (Å²) in [7, 11) is 1.67. The molecule has 0 saturated heterocycles. The van der Waals surface area contributed by atoms with Gasteiger partial charge in [0.1, 0.15) is 0 Å². The number of aliphatic hydroxyl groups is 1. The largest absolute Gasteiger partial charge is 0.394 e. The third-order valence-electron chi connectivity index (χ3n) is 3.29. The van der Waals surface area contributed by atoms with Gasteiger partial charge in [-0.1, -0.05) is 0 Å². The Labute approximate surface area is 116 Å². The van der Waals surface area contributed by atoms with Gasteiger partial charge in [0.15, 0.2) is 0 Å². The lowest BCUT2D eigenvalue weighted by Crippen LogP contribution is -2.47. The van der Waals surface area contributed by atoms with Crippen LogP contribution in [0.3, 0.4) is 0 Å². The summed E-state index contributed by atoms with van der Waals surface area (Å²) in [4.78, 5) is 0. The lowest BCUT2D eigenvalue weighted by molar-refractivity contribution is 0.0442. The van der Waals surface area contributed by atoms with Crippen LogP contribution in [0.2, 0.25) is 0 Å². The normalized spacial score (nSPS) is 18.5. The molecule has 0 radical (unpaired) electrons. The topological polar surface area (TPSA) is 60.0 Å². The van der Waals surface area contributed by atoms with Crippen LogP contribution in [0, 0.1) is 0 Å². The predicted molar refractivity (Wildman–Crippen MR) is 74.4 cm³/mol. The number of hydrogen-bond acceptors (Lipinski definition) is 5. The van der Waals surface area contributed by atoms with Crippen LogP contribution in [0.15, 0.2) is 0 Å². The van der Waals surface area contributed by atoms with Gasteiger partial charge < -0.3 is 24.6 Å². The zero-order chi connectivity index (χ0) is 14.0. The maximum absolute atomic E-state index is 9.44. The van der Waals surface area contributed by atoms with Crippen LogP contribution < -0.4 is 5.32 Å². The van der Waals surface area contributed by atoms with Gasteiger partial charge >= 0.3 is 0 Å². The summed E-state index contributed by atoms with van der Waals surface area (Å²) in [6.45, 7) is 5.59. The van der Waals surface area contributed by atoms with Crippen molar-refractivity contribution in [1.82, 2.24) is 5.32 Å². The minimum absolute atomic E-state index is 0.160. The van der Waals surface area contributed by atoms with Gasteiger partial charge in [-0.25, -0.2) is 0 Å². The van der Waals surface area contributed by atoms with Crippen molar-refractivity contribution in [1.29, 1.82) is 0 Å². The van der Waals surface area contributed by atoms with Gasteiger partial charge in [-0.15, -0.1) is 0 Å². The summed E-state index contributed by atoms with van der Waals surface area (Å²) in [6, 6.07) is 0.603. The lowest BCUT2D eigenvalue weighted by atomic mass is 9.99. The summed E-state index contributed by atoms with van der Waals surface area (Å²) in [5.41, 5.74) is -0.198. The SMILES string of the molecule is COCCOCCCOCCC(C)(CO)NC1CC1. The number of aliphatic hydroxyl groups excluding tert-OH is 1. The summed E-state index contributed by atoms with van der Waals surface area (Å²) < 4.78 is 15.8. The van der Waals surface area contributed by atoms with E-state index in [1.54, 1.807) is 7.11 Å². The van der Waals surface area contributed by atoms with E-state index in [2.05, 4.69) is 12.2 Å². The maximum atomic E-state index is 9.44. The standard InChI is InChI=1S/C14H29NO4/c1-14(12-16,15-13-4-5-13)6-9-18-7-3-8-19-11-10-17-2/h13,15-16H,3-12H2,1-2H3. The van der Waals surface area contributed by atoms with Crippen LogP contribution in [-0.2, 0) is 14.2 Å². The van der Waals surface area contributed by atoms with E-state index in [1.807, 2.05) is 0 Å². The zero-order valence-electron chi connectivity index (χ0n) is 12.3. The average molecular weight is 275 g/mol. The van der Waals surface area contributed by atoms with Crippen LogP contribution in [0.25, 0.3) is 0 Å². The Bertz CT molecular complexity index is 223. The molecule has 1 atom stereocenters. The maximum Gasteiger partial charge on any atom is 0.0700 e. The lowest BCUT2D eigenvalue weighted by Gasteiger charge is -2.28. The minimum atomic E-state index is -0.198. The molecule has 19 heavy (non-hydrogen) atoms. The van der Waals surface area contributed by atoms with E-state index < -0.39 is 0 Å². The molecule has 0 aromatic rings. The van der Waals surface area contributed by atoms with Crippen LogP contribution >= 0.6 is 0 Å². The Morgan fingerprint density at radius 1 is 1.11 bits per heavy atom. The molecule has 2 N–H and O–H groups in total. The fraction of sp³-hybridized carbons (Fsp3) is 1.00. The first kappa shape index (κ1) is 16.9. The molecule has 0 heterocycles. The van der Waals surface area contributed by atoms with Crippen molar-refractivity contribution in [2.24, 2.45) is 0 Å². The molecule has 0 amide bonds. The molecule has 0 bridgehead atoms. The molecule has 1 aliphatic rings. The second-order valence-electron chi connectivity index (χ2n) is 5.46. The van der Waals surface area contributed by atoms with Crippen molar-refractivity contribution in [2.75, 3.05) is 46.8 Å². The molecule has 1 aliphatic carbocycles. The number of nitrogens with one attached hydrogen (secondary N) is 1. The Morgan fingerprint density at radius 2 is 1.79 bits per heavy atom. The van der Waals surface area contributed by atoms with Crippen molar-refractivity contribution >= 4 is 0 Å². The third-order valence-corrected chi connectivity index (χ3v) is 3.29. The molecule has 0 aromatic carbocycles. The van der Waals surface area contributed by atoms with Crippen LogP contribution in [0.5, 0.6) is 0 Å². The van der Waals surface area contributed by atoms with E-state index in [9.17, 15) is 5.11 Å². The molecule has 0 aromatic heterocycles. The molecule has 1 saturated carbocycles. The monoisotopic (exact) mass is 275 g/mol. The number of rotatable bonds is 13. The fourth-order valence-electron chi connectivity index (χ4n) is 1.82. The molecule has 0 spiro atoms. The number of hydrogen-bond donors (Lipinski definition) is 2. The van der Waals surface area contributed by atoms with Gasteiger partial charge in [-0.2, -0.15) is 0 Å². The second kappa shape index (κ2) is 9.66. The summed E-state index contributed by atoms with van der Waals surface area (Å²) in [5.74, 6) is 0. The Hall–Kier alpha value is -0.200. The second-order valence-corrected chi connectivity index (χ2v) is 5.46. The first-order chi connectivity index (χ1) is 9.20. The molecule has 114 valence electrons. The van der Waals surface area contributed by atoms with E-state index in [4.69, 9.17) is 14.2 Å². The molecule has 1 unspecified atom stereocenters. The Kier molecular flexibility index (Phi) is 8.57. The average Bonchev–Trinajstić information content (AvgIpc) is 3.20. The van der Waals surface area contributed by atoms with Gasteiger partial charge in [0.25, 0.3) is 0 Å². The molecule has 1 fully saturated rings. The van der Waals surface area contributed by atoms with Crippen LogP contribution in [0.4, 0.5) is 0 Å². The van der Waals surface area contributed by atoms with E-state index >= 15 is 0 Å².